The van der Waals surface area contributed by atoms with Crippen LogP contribution < -0.4 is 5.32 Å². The molecular formula is C21H21FN4O2. The van der Waals surface area contributed by atoms with E-state index in [1.807, 2.05) is 12.1 Å². The Morgan fingerprint density at radius 3 is 2.86 bits per heavy atom. The molecule has 5 rings (SSSR count). The Kier molecular flexibility index (Phi) is 3.96. The maximum Gasteiger partial charge on any atom is 0.274 e. The van der Waals surface area contributed by atoms with Crippen molar-refractivity contribution in [2.45, 2.75) is 31.0 Å². The van der Waals surface area contributed by atoms with Gasteiger partial charge in [0, 0.05) is 32.0 Å². The number of imidazole rings is 1. The van der Waals surface area contributed by atoms with Crippen LogP contribution in [0.1, 0.15) is 28.0 Å². The highest BCUT2D eigenvalue weighted by Crippen LogP contribution is 2.32. The van der Waals surface area contributed by atoms with Crippen molar-refractivity contribution in [3.8, 4) is 0 Å². The van der Waals surface area contributed by atoms with Gasteiger partial charge in [-0.1, -0.05) is 24.3 Å². The van der Waals surface area contributed by atoms with Crippen LogP contribution in [-0.4, -0.2) is 50.0 Å². The van der Waals surface area contributed by atoms with Crippen LogP contribution in [0.3, 0.4) is 0 Å². The minimum absolute atomic E-state index is 0.130. The largest absolute Gasteiger partial charge is 0.389 e. The maximum atomic E-state index is 13.9. The van der Waals surface area contributed by atoms with Gasteiger partial charge in [-0.3, -0.25) is 4.79 Å². The summed E-state index contributed by atoms with van der Waals surface area (Å²) in [7, 11) is 0. The summed E-state index contributed by atoms with van der Waals surface area (Å²) in [6, 6.07) is 11.1. The fourth-order valence-electron chi connectivity index (χ4n) is 4.39. The summed E-state index contributed by atoms with van der Waals surface area (Å²) in [6.45, 7) is 1.46. The molecule has 7 heteroatoms. The van der Waals surface area contributed by atoms with Gasteiger partial charge >= 0.3 is 0 Å². The van der Waals surface area contributed by atoms with Crippen molar-refractivity contribution in [2.24, 2.45) is 0 Å². The van der Waals surface area contributed by atoms with E-state index in [4.69, 9.17) is 0 Å². The Labute approximate surface area is 161 Å². The van der Waals surface area contributed by atoms with Crippen LogP contribution >= 0.6 is 0 Å². The molecule has 2 N–H and O–H groups in total. The highest BCUT2D eigenvalue weighted by molar-refractivity contribution is 5.93. The molecule has 1 amide bonds. The summed E-state index contributed by atoms with van der Waals surface area (Å²) in [5.41, 5.74) is 2.40. The summed E-state index contributed by atoms with van der Waals surface area (Å²) in [4.78, 5) is 18.6. The number of carbonyl (C=O) groups excluding carboxylic acids is 1. The Morgan fingerprint density at radius 1 is 1.25 bits per heavy atom. The third-order valence-corrected chi connectivity index (χ3v) is 6.06. The number of benzene rings is 1. The highest BCUT2D eigenvalue weighted by atomic mass is 19.1. The Bertz CT molecular complexity index is 1070. The number of hydrogen-bond donors (Lipinski definition) is 2. The van der Waals surface area contributed by atoms with Crippen LogP contribution in [0, 0.1) is 5.82 Å². The molecule has 1 aromatic carbocycles. The van der Waals surface area contributed by atoms with Gasteiger partial charge in [-0.05, 0) is 36.1 Å². The monoisotopic (exact) mass is 380 g/mol. The molecule has 28 heavy (non-hydrogen) atoms. The van der Waals surface area contributed by atoms with Crippen molar-refractivity contribution in [1.29, 1.82) is 0 Å². The van der Waals surface area contributed by atoms with Crippen molar-refractivity contribution >= 4 is 11.6 Å². The van der Waals surface area contributed by atoms with Crippen molar-refractivity contribution in [2.75, 3.05) is 13.1 Å². The zero-order valence-corrected chi connectivity index (χ0v) is 15.3. The number of aliphatic hydroxyl groups excluding tert-OH is 1. The topological polar surface area (TPSA) is 69.9 Å². The molecule has 1 fully saturated rings. The van der Waals surface area contributed by atoms with Gasteiger partial charge < -0.3 is 19.7 Å². The third kappa shape index (κ3) is 2.70. The first-order chi connectivity index (χ1) is 13.6. The average Bonchev–Trinajstić information content (AvgIpc) is 3.15. The molecular weight excluding hydrogens is 359 g/mol. The van der Waals surface area contributed by atoms with E-state index in [0.717, 1.165) is 6.42 Å². The van der Waals surface area contributed by atoms with Crippen LogP contribution in [0.15, 0.2) is 48.8 Å². The zero-order valence-electron chi connectivity index (χ0n) is 15.3. The maximum absolute atomic E-state index is 13.9. The predicted octanol–water partition coefficient (Wildman–Crippen LogP) is 1.76. The fraction of sp³-hybridized carbons (Fsp3) is 0.333. The van der Waals surface area contributed by atoms with E-state index < -0.39 is 17.5 Å². The lowest BCUT2D eigenvalue weighted by molar-refractivity contribution is -0.0140. The number of aliphatic hydroxyl groups is 1. The predicted molar refractivity (Wildman–Crippen MR) is 101 cm³/mol. The second-order valence-corrected chi connectivity index (χ2v) is 7.69. The molecule has 3 aromatic rings. The molecule has 144 valence electrons. The van der Waals surface area contributed by atoms with Crippen LogP contribution in [0.4, 0.5) is 4.39 Å². The molecule has 2 atom stereocenters. The highest BCUT2D eigenvalue weighted by Gasteiger charge is 2.45. The minimum atomic E-state index is -0.688. The number of fused-ring (bicyclic) bond motifs is 2. The normalized spacial score (nSPS) is 24.5. The zero-order chi connectivity index (χ0) is 19.3. The Balaban J connectivity index is 1.35. The molecule has 0 aliphatic carbocycles. The number of aromatic nitrogens is 2. The lowest BCUT2D eigenvalue weighted by Gasteiger charge is -2.48. The van der Waals surface area contributed by atoms with E-state index in [2.05, 4.69) is 22.4 Å². The fourth-order valence-corrected chi connectivity index (χ4v) is 4.39. The molecule has 2 aliphatic rings. The number of amides is 1. The van der Waals surface area contributed by atoms with Gasteiger partial charge in [-0.2, -0.15) is 0 Å². The number of nitrogens with zero attached hydrogens (tertiary/aromatic N) is 3. The second kappa shape index (κ2) is 6.39. The van der Waals surface area contributed by atoms with Crippen LogP contribution in [0.2, 0.25) is 0 Å². The first-order valence-corrected chi connectivity index (χ1v) is 9.48. The first kappa shape index (κ1) is 17.3. The molecule has 0 saturated carbocycles. The van der Waals surface area contributed by atoms with Crippen molar-refractivity contribution in [3.63, 3.8) is 0 Å². The third-order valence-electron chi connectivity index (χ3n) is 6.06. The number of carbonyl (C=O) groups is 1. The summed E-state index contributed by atoms with van der Waals surface area (Å²) in [5, 5.41) is 14.4. The van der Waals surface area contributed by atoms with Crippen molar-refractivity contribution in [3.05, 3.63) is 71.4 Å². The summed E-state index contributed by atoms with van der Waals surface area (Å²) in [6.07, 6.45) is 3.90. The van der Waals surface area contributed by atoms with E-state index in [1.54, 1.807) is 17.2 Å². The van der Waals surface area contributed by atoms with Gasteiger partial charge in [0.2, 0.25) is 0 Å². The van der Waals surface area contributed by atoms with Gasteiger partial charge in [0.1, 0.15) is 5.69 Å². The number of rotatable bonds is 1. The summed E-state index contributed by atoms with van der Waals surface area (Å²) in [5.74, 6) is -0.752. The van der Waals surface area contributed by atoms with Crippen molar-refractivity contribution < 1.29 is 14.3 Å². The first-order valence-electron chi connectivity index (χ1n) is 9.48. The second-order valence-electron chi connectivity index (χ2n) is 7.69. The molecule has 1 spiro atoms. The lowest BCUT2D eigenvalue weighted by Crippen LogP contribution is -2.65. The number of halogens is 1. The number of pyridine rings is 1. The van der Waals surface area contributed by atoms with E-state index >= 15 is 0 Å². The van der Waals surface area contributed by atoms with E-state index in [-0.39, 0.29) is 23.8 Å². The van der Waals surface area contributed by atoms with Crippen LogP contribution in [-0.2, 0) is 13.0 Å². The van der Waals surface area contributed by atoms with E-state index in [9.17, 15) is 14.3 Å². The van der Waals surface area contributed by atoms with Gasteiger partial charge in [0.25, 0.3) is 5.91 Å². The van der Waals surface area contributed by atoms with Gasteiger partial charge in [-0.15, -0.1) is 0 Å². The molecule has 4 heterocycles. The average molecular weight is 380 g/mol. The SMILES string of the molecule is O=C(c1cn2cccc(F)c2n1)N1CC[C@]2(Cc3ccccc3CN2)[C@H](O)C1. The summed E-state index contributed by atoms with van der Waals surface area (Å²) >= 11 is 0. The van der Waals surface area contributed by atoms with E-state index in [1.165, 1.54) is 27.8 Å². The Hall–Kier alpha value is -2.77. The number of likely N-dealkylation sites (tertiary alicyclic amines) is 1. The number of piperidine rings is 1. The van der Waals surface area contributed by atoms with Gasteiger partial charge in [0.05, 0.1) is 11.6 Å². The molecule has 0 bridgehead atoms. The number of hydrogen-bond acceptors (Lipinski definition) is 4. The van der Waals surface area contributed by atoms with Gasteiger partial charge in [0.15, 0.2) is 11.5 Å². The smallest absolute Gasteiger partial charge is 0.274 e. The molecule has 1 saturated heterocycles. The molecule has 6 nitrogen and oxygen atoms in total. The Morgan fingerprint density at radius 2 is 2.07 bits per heavy atom. The van der Waals surface area contributed by atoms with Crippen LogP contribution in [0.25, 0.3) is 5.65 Å². The molecule has 2 aliphatic heterocycles. The minimum Gasteiger partial charge on any atom is -0.389 e. The van der Waals surface area contributed by atoms with E-state index in [0.29, 0.717) is 19.5 Å². The number of β-amino-alcohol motifs (C(OH)–C–C–N with tert-alkyl or cyclic N) is 1. The van der Waals surface area contributed by atoms with Crippen LogP contribution in [0.5, 0.6) is 0 Å². The molecule has 2 aromatic heterocycles. The standard InChI is InChI=1S/C21H21FN4O2/c22-16-6-3-8-25-12-17(24-19(16)25)20(28)26-9-7-21(18(27)13-26)10-14-4-1-2-5-15(14)11-23-21/h1-6,8,12,18,23,27H,7,9-11,13H2/t18-,21+/m1/s1. The van der Waals surface area contributed by atoms with Crippen molar-refractivity contribution in [1.82, 2.24) is 19.6 Å². The summed E-state index contributed by atoms with van der Waals surface area (Å²) < 4.78 is 15.4. The van der Waals surface area contributed by atoms with Gasteiger partial charge in [-0.25, -0.2) is 9.37 Å². The lowest BCUT2D eigenvalue weighted by atomic mass is 9.76. The number of nitrogens with one attached hydrogen (secondary N) is 1. The quantitative estimate of drug-likeness (QED) is 0.675. The molecule has 0 radical (unpaired) electrons. The molecule has 0 unspecified atom stereocenters.